The number of nitrogens with zero attached hydrogens (tertiary/aromatic N) is 4. The Morgan fingerprint density at radius 1 is 1.00 bits per heavy atom. The maximum atomic E-state index is 13.1. The van der Waals surface area contributed by atoms with E-state index in [1.807, 2.05) is 12.4 Å². The van der Waals surface area contributed by atoms with Gasteiger partial charge in [-0.3, -0.25) is 14.7 Å². The van der Waals surface area contributed by atoms with Crippen LogP contribution in [0.1, 0.15) is 23.6 Å². The number of piperidine rings is 1. The highest BCUT2D eigenvalue weighted by Crippen LogP contribution is 2.31. The van der Waals surface area contributed by atoms with Crippen LogP contribution in [0, 0.1) is 5.92 Å². The van der Waals surface area contributed by atoms with Crippen molar-refractivity contribution in [2.45, 2.75) is 25.4 Å². The first-order valence-corrected chi connectivity index (χ1v) is 10.1. The summed E-state index contributed by atoms with van der Waals surface area (Å²) in [7, 11) is 0. The van der Waals surface area contributed by atoms with E-state index in [9.17, 15) is 4.79 Å². The van der Waals surface area contributed by atoms with E-state index in [0.717, 1.165) is 57.9 Å². The lowest BCUT2D eigenvalue weighted by molar-refractivity contribution is 0.241. The monoisotopic (exact) mass is 437 g/mol. The number of hydrogen-bond acceptors (Lipinski definition) is 5. The number of halogens is 2. The summed E-state index contributed by atoms with van der Waals surface area (Å²) in [5.74, 6) is 1.11. The van der Waals surface area contributed by atoms with Crippen LogP contribution < -0.4 is 15.8 Å². The summed E-state index contributed by atoms with van der Waals surface area (Å²) in [5.41, 5.74) is 3.65. The van der Waals surface area contributed by atoms with Crippen molar-refractivity contribution in [2.24, 2.45) is 5.92 Å². The first-order valence-electron chi connectivity index (χ1n) is 10.1. The summed E-state index contributed by atoms with van der Waals surface area (Å²) in [6.45, 7) is 7.64. The number of fused-ring (bicyclic) bond motifs is 4. The first-order chi connectivity index (χ1) is 13.3. The van der Waals surface area contributed by atoms with Crippen LogP contribution in [0.3, 0.4) is 0 Å². The molecule has 2 fully saturated rings. The predicted molar refractivity (Wildman–Crippen MR) is 121 cm³/mol. The topological polar surface area (TPSA) is 53.4 Å². The van der Waals surface area contributed by atoms with Gasteiger partial charge in [0.05, 0.1) is 0 Å². The van der Waals surface area contributed by atoms with E-state index in [1.54, 1.807) is 0 Å². The second-order valence-corrected chi connectivity index (χ2v) is 8.12. The van der Waals surface area contributed by atoms with E-state index in [1.165, 1.54) is 17.8 Å². The minimum absolute atomic E-state index is 0. The van der Waals surface area contributed by atoms with Crippen molar-refractivity contribution in [3.8, 4) is 0 Å². The van der Waals surface area contributed by atoms with Crippen molar-refractivity contribution in [3.63, 3.8) is 0 Å². The van der Waals surface area contributed by atoms with Crippen molar-refractivity contribution in [3.05, 3.63) is 58.3 Å². The molecule has 5 rings (SSSR count). The minimum atomic E-state index is 0. The quantitative estimate of drug-likeness (QED) is 0.796. The average molecular weight is 438 g/mol. The highest BCUT2D eigenvalue weighted by atomic mass is 35.5. The summed E-state index contributed by atoms with van der Waals surface area (Å²) in [6.07, 6.45) is 4.92. The average Bonchev–Trinajstić information content (AvgIpc) is 2.72. The smallest absolute Gasteiger partial charge is 0.255 e. The predicted octanol–water partition coefficient (Wildman–Crippen LogP) is 2.12. The van der Waals surface area contributed by atoms with Gasteiger partial charge in [0.25, 0.3) is 5.56 Å². The van der Waals surface area contributed by atoms with Crippen molar-refractivity contribution < 1.29 is 0 Å². The molecule has 2 bridgehead atoms. The first kappa shape index (κ1) is 22.1. The van der Waals surface area contributed by atoms with Crippen LogP contribution in [-0.2, 0) is 13.1 Å². The van der Waals surface area contributed by atoms with E-state index < -0.39 is 0 Å². The fourth-order valence-electron chi connectivity index (χ4n) is 4.92. The molecule has 8 heteroatoms. The zero-order chi connectivity index (χ0) is 18.2. The lowest BCUT2D eigenvalue weighted by Crippen LogP contribution is -2.48. The van der Waals surface area contributed by atoms with Gasteiger partial charge >= 0.3 is 0 Å². The molecule has 0 spiro atoms. The third-order valence-corrected chi connectivity index (χ3v) is 6.38. The van der Waals surface area contributed by atoms with E-state index in [-0.39, 0.29) is 30.4 Å². The molecule has 3 aliphatic rings. The van der Waals surface area contributed by atoms with Crippen LogP contribution in [0.5, 0.6) is 0 Å². The summed E-state index contributed by atoms with van der Waals surface area (Å²) < 4.78 is 2.07. The Bertz CT molecular complexity index is 867. The zero-order valence-electron chi connectivity index (χ0n) is 16.5. The standard InChI is InChI=1S/C21H27N5O.2ClH/c27-21-17(1-2-20-18-11-16(12-23-13-18)14-26(20)21)15-24-7-9-25(10-8-24)19-3-5-22-6-4-19;;/h1-6,16,18,23H,7-15H2;2*1H/t16-,18+;;/m0../s1. The molecule has 0 saturated carbocycles. The number of piperazine rings is 1. The maximum absolute atomic E-state index is 13.1. The Kier molecular flexibility index (Phi) is 7.22. The molecule has 3 aliphatic heterocycles. The summed E-state index contributed by atoms with van der Waals surface area (Å²) in [5, 5.41) is 3.51. The molecular weight excluding hydrogens is 409 g/mol. The zero-order valence-corrected chi connectivity index (χ0v) is 18.1. The third-order valence-electron chi connectivity index (χ3n) is 6.38. The van der Waals surface area contributed by atoms with E-state index in [2.05, 4.69) is 48.9 Å². The SMILES string of the molecule is Cl.Cl.O=c1c(CN2CCN(c3ccncc3)CC2)ccc2n1C[C@@H]1CNC[C@H]2C1. The van der Waals surface area contributed by atoms with Gasteiger partial charge in [-0.25, -0.2) is 0 Å². The Balaban J connectivity index is 0.00000120. The fraction of sp³-hybridized carbons (Fsp3) is 0.524. The molecule has 2 aromatic rings. The normalized spacial score (nSPS) is 23.5. The molecule has 6 nitrogen and oxygen atoms in total. The molecule has 5 heterocycles. The van der Waals surface area contributed by atoms with Crippen LogP contribution >= 0.6 is 24.8 Å². The molecule has 29 heavy (non-hydrogen) atoms. The number of aromatic nitrogens is 2. The molecule has 0 aliphatic carbocycles. The number of nitrogens with one attached hydrogen (secondary N) is 1. The van der Waals surface area contributed by atoms with Gasteiger partial charge in [-0.1, -0.05) is 6.07 Å². The lowest BCUT2D eigenvalue weighted by Gasteiger charge is -2.38. The highest BCUT2D eigenvalue weighted by Gasteiger charge is 2.31. The summed E-state index contributed by atoms with van der Waals surface area (Å²) in [6, 6.07) is 8.42. The van der Waals surface area contributed by atoms with Gasteiger partial charge in [0, 0.05) is 81.1 Å². The fourth-order valence-corrected chi connectivity index (χ4v) is 4.92. The van der Waals surface area contributed by atoms with Gasteiger partial charge in [0.1, 0.15) is 0 Å². The Labute approximate surface area is 184 Å². The number of hydrogen-bond donors (Lipinski definition) is 1. The number of rotatable bonds is 3. The van der Waals surface area contributed by atoms with Crippen LogP contribution in [0.2, 0.25) is 0 Å². The van der Waals surface area contributed by atoms with Crippen molar-refractivity contribution in [1.29, 1.82) is 0 Å². The van der Waals surface area contributed by atoms with Crippen LogP contribution in [0.25, 0.3) is 0 Å². The third kappa shape index (κ3) is 4.45. The van der Waals surface area contributed by atoms with Gasteiger partial charge in [0.15, 0.2) is 0 Å². The van der Waals surface area contributed by atoms with Crippen LogP contribution in [0.15, 0.2) is 41.5 Å². The van der Waals surface area contributed by atoms with Crippen molar-refractivity contribution >= 4 is 30.5 Å². The maximum Gasteiger partial charge on any atom is 0.255 e. The van der Waals surface area contributed by atoms with Gasteiger partial charge in [-0.05, 0) is 37.1 Å². The largest absolute Gasteiger partial charge is 0.369 e. The number of anilines is 1. The molecule has 158 valence electrons. The second-order valence-electron chi connectivity index (χ2n) is 8.12. The van der Waals surface area contributed by atoms with Crippen molar-refractivity contribution in [2.75, 3.05) is 44.2 Å². The Morgan fingerprint density at radius 2 is 1.76 bits per heavy atom. The van der Waals surface area contributed by atoms with Gasteiger partial charge in [-0.2, -0.15) is 0 Å². The molecule has 0 unspecified atom stereocenters. The molecule has 0 amide bonds. The molecular formula is C21H29Cl2N5O. The molecule has 2 atom stereocenters. The second kappa shape index (κ2) is 9.47. The van der Waals surface area contributed by atoms with E-state index in [4.69, 9.17) is 0 Å². The molecule has 0 aromatic carbocycles. The molecule has 2 aromatic heterocycles. The number of pyridine rings is 2. The molecule has 0 radical (unpaired) electrons. The highest BCUT2D eigenvalue weighted by molar-refractivity contribution is 5.85. The Hall–Kier alpha value is -1.60. The summed E-state index contributed by atoms with van der Waals surface area (Å²) >= 11 is 0. The van der Waals surface area contributed by atoms with Crippen molar-refractivity contribution in [1.82, 2.24) is 19.8 Å². The van der Waals surface area contributed by atoms with E-state index >= 15 is 0 Å². The Morgan fingerprint density at radius 3 is 2.52 bits per heavy atom. The minimum Gasteiger partial charge on any atom is -0.369 e. The van der Waals surface area contributed by atoms with Gasteiger partial charge in [-0.15, -0.1) is 24.8 Å². The summed E-state index contributed by atoms with van der Waals surface area (Å²) in [4.78, 5) is 22.0. The molecule has 1 N–H and O–H groups in total. The van der Waals surface area contributed by atoms with E-state index in [0.29, 0.717) is 11.8 Å². The van der Waals surface area contributed by atoms with Gasteiger partial charge < -0.3 is 14.8 Å². The molecule has 2 saturated heterocycles. The van der Waals surface area contributed by atoms with Crippen LogP contribution in [0.4, 0.5) is 5.69 Å². The van der Waals surface area contributed by atoms with Crippen LogP contribution in [-0.4, -0.2) is 53.7 Å². The lowest BCUT2D eigenvalue weighted by atomic mass is 9.84. The van der Waals surface area contributed by atoms with Gasteiger partial charge in [0.2, 0.25) is 0 Å².